The Balaban J connectivity index is 1.64. The molecule has 0 spiro atoms. The van der Waals surface area contributed by atoms with Gasteiger partial charge in [0.1, 0.15) is 0 Å². The van der Waals surface area contributed by atoms with Crippen LogP contribution in [0.3, 0.4) is 0 Å². The number of benzene rings is 2. The van der Waals surface area contributed by atoms with Crippen molar-refractivity contribution < 1.29 is 9.59 Å². The number of hydrogen-bond donors (Lipinski definition) is 2. The summed E-state index contributed by atoms with van der Waals surface area (Å²) in [4.78, 5) is 26.4. The summed E-state index contributed by atoms with van der Waals surface area (Å²) in [6.45, 7) is 8.50. The van der Waals surface area contributed by atoms with Crippen LogP contribution < -0.4 is 15.5 Å². The first-order chi connectivity index (χ1) is 12.3. The van der Waals surface area contributed by atoms with E-state index in [2.05, 4.69) is 10.6 Å². The monoisotopic (exact) mass is 351 g/mol. The molecule has 5 nitrogen and oxygen atoms in total. The van der Waals surface area contributed by atoms with Gasteiger partial charge in [0.25, 0.3) is 0 Å². The summed E-state index contributed by atoms with van der Waals surface area (Å²) in [5.74, 6) is 0.0295. The topological polar surface area (TPSA) is 61.4 Å². The summed E-state index contributed by atoms with van der Waals surface area (Å²) >= 11 is 0. The molecule has 0 aliphatic carbocycles. The standard InChI is InChI=1S/C21H25N3O2/c1-13-5-7-18(8-6-13)24-12-17(11-19(24)25)22-21(26)23-20-15(3)9-14(2)10-16(20)4/h5-10,17H,11-12H2,1-4H3,(H2,22,23,26)/t17-/m0/s1. The number of anilines is 2. The Labute approximate surface area is 154 Å². The molecule has 0 saturated carbocycles. The number of carbonyl (C=O) groups is 2. The fourth-order valence-corrected chi connectivity index (χ4v) is 3.49. The van der Waals surface area contributed by atoms with Crippen LogP contribution in [0.2, 0.25) is 0 Å². The molecule has 1 aliphatic heterocycles. The zero-order valence-electron chi connectivity index (χ0n) is 15.7. The molecule has 5 heteroatoms. The minimum absolute atomic E-state index is 0.0295. The summed E-state index contributed by atoms with van der Waals surface area (Å²) in [6.07, 6.45) is 0.313. The van der Waals surface area contributed by atoms with Crippen LogP contribution in [0.15, 0.2) is 36.4 Å². The summed E-state index contributed by atoms with van der Waals surface area (Å²) < 4.78 is 0. The van der Waals surface area contributed by atoms with Gasteiger partial charge >= 0.3 is 6.03 Å². The van der Waals surface area contributed by atoms with Crippen molar-refractivity contribution in [3.8, 4) is 0 Å². The van der Waals surface area contributed by atoms with Crippen molar-refractivity contribution in [1.82, 2.24) is 5.32 Å². The average Bonchev–Trinajstić information content (AvgIpc) is 2.92. The van der Waals surface area contributed by atoms with E-state index in [-0.39, 0.29) is 18.0 Å². The Morgan fingerprint density at radius 3 is 2.23 bits per heavy atom. The van der Waals surface area contributed by atoms with Crippen LogP contribution in [0.1, 0.15) is 28.7 Å². The normalized spacial score (nSPS) is 16.7. The third kappa shape index (κ3) is 3.87. The second kappa shape index (κ2) is 7.20. The van der Waals surface area contributed by atoms with Crippen LogP contribution in [0.5, 0.6) is 0 Å². The first kappa shape index (κ1) is 18.0. The van der Waals surface area contributed by atoms with Gasteiger partial charge in [-0.25, -0.2) is 4.79 Å². The number of nitrogens with zero attached hydrogens (tertiary/aromatic N) is 1. The number of nitrogens with one attached hydrogen (secondary N) is 2. The minimum Gasteiger partial charge on any atom is -0.333 e. The summed E-state index contributed by atoms with van der Waals surface area (Å²) in [6, 6.07) is 11.5. The minimum atomic E-state index is -0.274. The highest BCUT2D eigenvalue weighted by Gasteiger charge is 2.31. The van der Waals surface area contributed by atoms with E-state index in [1.54, 1.807) is 4.90 Å². The molecule has 1 atom stereocenters. The highest BCUT2D eigenvalue weighted by molar-refractivity contribution is 5.98. The van der Waals surface area contributed by atoms with Gasteiger partial charge in [0.05, 0.1) is 6.04 Å². The van der Waals surface area contributed by atoms with Crippen molar-refractivity contribution in [3.63, 3.8) is 0 Å². The Morgan fingerprint density at radius 2 is 1.62 bits per heavy atom. The van der Waals surface area contributed by atoms with Crippen LogP contribution in [-0.2, 0) is 4.79 Å². The fraction of sp³-hybridized carbons (Fsp3) is 0.333. The maximum absolute atomic E-state index is 12.4. The number of rotatable bonds is 3. The van der Waals surface area contributed by atoms with Gasteiger partial charge in [0.15, 0.2) is 0 Å². The van der Waals surface area contributed by atoms with Crippen LogP contribution in [0.4, 0.5) is 16.2 Å². The van der Waals surface area contributed by atoms with Gasteiger partial charge < -0.3 is 15.5 Å². The summed E-state index contributed by atoms with van der Waals surface area (Å²) in [7, 11) is 0. The molecule has 26 heavy (non-hydrogen) atoms. The van der Waals surface area contributed by atoms with Crippen molar-refractivity contribution in [2.75, 3.05) is 16.8 Å². The summed E-state index contributed by atoms with van der Waals surface area (Å²) in [5.41, 5.74) is 6.07. The van der Waals surface area contributed by atoms with Crippen LogP contribution >= 0.6 is 0 Å². The number of aryl methyl sites for hydroxylation is 4. The first-order valence-electron chi connectivity index (χ1n) is 8.86. The highest BCUT2D eigenvalue weighted by Crippen LogP contribution is 2.23. The molecule has 1 heterocycles. The Hall–Kier alpha value is -2.82. The molecule has 0 bridgehead atoms. The molecule has 3 amide bonds. The van der Waals surface area contributed by atoms with Gasteiger partial charge in [-0.15, -0.1) is 0 Å². The predicted octanol–water partition coefficient (Wildman–Crippen LogP) is 3.85. The Morgan fingerprint density at radius 1 is 1.00 bits per heavy atom. The third-order valence-electron chi connectivity index (χ3n) is 4.72. The lowest BCUT2D eigenvalue weighted by Gasteiger charge is -2.18. The molecule has 1 fully saturated rings. The SMILES string of the molecule is Cc1ccc(N2C[C@@H](NC(=O)Nc3c(C)cc(C)cc3C)CC2=O)cc1. The van der Waals surface area contributed by atoms with Crippen molar-refractivity contribution in [3.05, 3.63) is 58.7 Å². The molecular formula is C21H25N3O2. The molecule has 1 saturated heterocycles. The molecule has 1 aliphatic rings. The lowest BCUT2D eigenvalue weighted by molar-refractivity contribution is -0.117. The molecule has 2 aromatic rings. The van der Waals surface area contributed by atoms with Gasteiger partial charge in [-0.05, 0) is 51.0 Å². The van der Waals surface area contributed by atoms with Gasteiger partial charge in [-0.3, -0.25) is 4.79 Å². The van der Waals surface area contributed by atoms with E-state index in [0.717, 1.165) is 28.1 Å². The van der Waals surface area contributed by atoms with Crippen molar-refractivity contribution in [1.29, 1.82) is 0 Å². The van der Waals surface area contributed by atoms with Gasteiger partial charge in [-0.2, -0.15) is 0 Å². The second-order valence-electron chi connectivity index (χ2n) is 7.11. The quantitative estimate of drug-likeness (QED) is 0.882. The Bertz CT molecular complexity index is 820. The van der Waals surface area contributed by atoms with Crippen molar-refractivity contribution in [2.24, 2.45) is 0 Å². The maximum Gasteiger partial charge on any atom is 0.319 e. The van der Waals surface area contributed by atoms with E-state index in [1.807, 2.05) is 64.1 Å². The largest absolute Gasteiger partial charge is 0.333 e. The predicted molar refractivity (Wildman–Crippen MR) is 105 cm³/mol. The zero-order valence-corrected chi connectivity index (χ0v) is 15.7. The molecule has 0 aromatic heterocycles. The Kier molecular flexibility index (Phi) is 4.98. The third-order valence-corrected chi connectivity index (χ3v) is 4.72. The summed E-state index contributed by atoms with van der Waals surface area (Å²) in [5, 5.41) is 5.86. The van der Waals surface area contributed by atoms with E-state index in [4.69, 9.17) is 0 Å². The van der Waals surface area contributed by atoms with Crippen LogP contribution in [-0.4, -0.2) is 24.5 Å². The second-order valence-corrected chi connectivity index (χ2v) is 7.11. The smallest absolute Gasteiger partial charge is 0.319 e. The number of carbonyl (C=O) groups excluding carboxylic acids is 2. The molecule has 0 radical (unpaired) electrons. The van der Waals surface area contributed by atoms with E-state index < -0.39 is 0 Å². The molecular weight excluding hydrogens is 326 g/mol. The number of urea groups is 1. The lowest BCUT2D eigenvalue weighted by Crippen LogP contribution is -2.40. The van der Waals surface area contributed by atoms with E-state index in [9.17, 15) is 9.59 Å². The van der Waals surface area contributed by atoms with Gasteiger partial charge in [0, 0.05) is 24.3 Å². The van der Waals surface area contributed by atoms with Gasteiger partial charge in [0.2, 0.25) is 5.91 Å². The van der Waals surface area contributed by atoms with Crippen LogP contribution in [0, 0.1) is 27.7 Å². The first-order valence-corrected chi connectivity index (χ1v) is 8.86. The van der Waals surface area contributed by atoms with E-state index in [0.29, 0.717) is 13.0 Å². The maximum atomic E-state index is 12.4. The van der Waals surface area contributed by atoms with Crippen LogP contribution in [0.25, 0.3) is 0 Å². The average molecular weight is 351 g/mol. The van der Waals surface area contributed by atoms with Crippen molar-refractivity contribution in [2.45, 2.75) is 40.2 Å². The zero-order chi connectivity index (χ0) is 18.8. The van der Waals surface area contributed by atoms with E-state index >= 15 is 0 Å². The molecule has 2 N–H and O–H groups in total. The van der Waals surface area contributed by atoms with E-state index in [1.165, 1.54) is 5.56 Å². The fourth-order valence-electron chi connectivity index (χ4n) is 3.49. The van der Waals surface area contributed by atoms with Crippen molar-refractivity contribution >= 4 is 23.3 Å². The van der Waals surface area contributed by atoms with Gasteiger partial charge in [-0.1, -0.05) is 35.4 Å². The highest BCUT2D eigenvalue weighted by atomic mass is 16.2. The molecule has 0 unspecified atom stereocenters. The molecule has 3 rings (SSSR count). The number of hydrogen-bond acceptors (Lipinski definition) is 2. The number of amides is 3. The lowest BCUT2D eigenvalue weighted by atomic mass is 10.1. The molecule has 136 valence electrons. The molecule has 2 aromatic carbocycles.